The van der Waals surface area contributed by atoms with Crippen molar-refractivity contribution in [2.45, 2.75) is 20.3 Å². The van der Waals surface area contributed by atoms with Crippen molar-refractivity contribution in [1.29, 1.82) is 0 Å². The average molecular weight is 243 g/mol. The predicted octanol–water partition coefficient (Wildman–Crippen LogP) is 2.94. The Hall–Kier alpha value is -2.03. The number of aliphatic carboxylic acids is 1. The molecule has 0 saturated heterocycles. The SMILES string of the molecule is Cc1ccc(-c2cc(CC(=O)O)c(C)n2C)cc1. The maximum atomic E-state index is 10.8. The summed E-state index contributed by atoms with van der Waals surface area (Å²) in [6.07, 6.45) is 0.0749. The number of benzene rings is 1. The van der Waals surface area contributed by atoms with Crippen LogP contribution < -0.4 is 0 Å². The van der Waals surface area contributed by atoms with Crippen LogP contribution >= 0.6 is 0 Å². The molecule has 1 heterocycles. The minimum Gasteiger partial charge on any atom is -0.481 e. The summed E-state index contributed by atoms with van der Waals surface area (Å²) in [4.78, 5) is 10.8. The molecule has 0 aliphatic rings. The number of hydrogen-bond donors (Lipinski definition) is 1. The van der Waals surface area contributed by atoms with Gasteiger partial charge in [-0.25, -0.2) is 0 Å². The van der Waals surface area contributed by atoms with Gasteiger partial charge in [-0.2, -0.15) is 0 Å². The highest BCUT2D eigenvalue weighted by Gasteiger charge is 2.12. The van der Waals surface area contributed by atoms with E-state index in [9.17, 15) is 4.79 Å². The first kappa shape index (κ1) is 12.4. The molecule has 3 nitrogen and oxygen atoms in total. The van der Waals surface area contributed by atoms with Gasteiger partial charge >= 0.3 is 5.97 Å². The zero-order valence-corrected chi connectivity index (χ0v) is 10.9. The molecule has 0 aliphatic heterocycles. The van der Waals surface area contributed by atoms with Crippen LogP contribution in [0.5, 0.6) is 0 Å². The summed E-state index contributed by atoms with van der Waals surface area (Å²) in [6, 6.07) is 10.2. The standard InChI is InChI=1S/C15H17NO2/c1-10-4-6-12(7-5-10)14-8-13(9-15(17)18)11(2)16(14)3/h4-8H,9H2,1-3H3,(H,17,18). The quantitative estimate of drug-likeness (QED) is 0.900. The fraction of sp³-hybridized carbons (Fsp3) is 0.267. The Morgan fingerprint density at radius 1 is 1.22 bits per heavy atom. The van der Waals surface area contributed by atoms with E-state index in [1.54, 1.807) is 0 Å². The van der Waals surface area contributed by atoms with Crippen LogP contribution in [0.15, 0.2) is 30.3 Å². The molecule has 1 N–H and O–H groups in total. The lowest BCUT2D eigenvalue weighted by Gasteiger charge is -2.05. The van der Waals surface area contributed by atoms with Gasteiger partial charge in [-0.15, -0.1) is 0 Å². The van der Waals surface area contributed by atoms with Gasteiger partial charge in [0.15, 0.2) is 0 Å². The van der Waals surface area contributed by atoms with Crippen molar-refractivity contribution < 1.29 is 9.90 Å². The molecule has 3 heteroatoms. The molecule has 0 bridgehead atoms. The molecular weight excluding hydrogens is 226 g/mol. The van der Waals surface area contributed by atoms with Crippen LogP contribution in [0.25, 0.3) is 11.3 Å². The van der Waals surface area contributed by atoms with Crippen LogP contribution in [0.1, 0.15) is 16.8 Å². The van der Waals surface area contributed by atoms with Crippen molar-refractivity contribution in [3.63, 3.8) is 0 Å². The van der Waals surface area contributed by atoms with Crippen LogP contribution in [0, 0.1) is 13.8 Å². The second-order valence-corrected chi connectivity index (χ2v) is 4.64. The number of rotatable bonds is 3. The van der Waals surface area contributed by atoms with Crippen molar-refractivity contribution in [1.82, 2.24) is 4.57 Å². The van der Waals surface area contributed by atoms with Gasteiger partial charge < -0.3 is 9.67 Å². The summed E-state index contributed by atoms with van der Waals surface area (Å²) in [7, 11) is 1.97. The molecule has 0 unspecified atom stereocenters. The van der Waals surface area contributed by atoms with Gasteiger partial charge in [-0.3, -0.25) is 4.79 Å². The summed E-state index contributed by atoms with van der Waals surface area (Å²) in [5.41, 5.74) is 5.27. The van der Waals surface area contributed by atoms with Gasteiger partial charge in [0.2, 0.25) is 0 Å². The summed E-state index contributed by atoms with van der Waals surface area (Å²) in [5, 5.41) is 8.89. The Bertz CT molecular complexity index is 579. The van der Waals surface area contributed by atoms with E-state index in [-0.39, 0.29) is 6.42 Å². The molecule has 18 heavy (non-hydrogen) atoms. The maximum absolute atomic E-state index is 10.8. The third-order valence-electron chi connectivity index (χ3n) is 3.33. The molecule has 0 spiro atoms. The van der Waals surface area contributed by atoms with Crippen molar-refractivity contribution in [3.05, 3.63) is 47.2 Å². The third-order valence-corrected chi connectivity index (χ3v) is 3.33. The molecule has 2 aromatic rings. The zero-order valence-electron chi connectivity index (χ0n) is 10.9. The Labute approximate surface area is 107 Å². The number of hydrogen-bond acceptors (Lipinski definition) is 1. The van der Waals surface area contributed by atoms with Crippen LogP contribution in [-0.2, 0) is 18.3 Å². The highest BCUT2D eigenvalue weighted by molar-refractivity contribution is 5.72. The Morgan fingerprint density at radius 2 is 1.83 bits per heavy atom. The lowest BCUT2D eigenvalue weighted by Crippen LogP contribution is -2.01. The minimum atomic E-state index is -0.792. The van der Waals surface area contributed by atoms with Crippen LogP contribution in [0.3, 0.4) is 0 Å². The zero-order chi connectivity index (χ0) is 13.3. The van der Waals surface area contributed by atoms with Crippen LogP contribution in [0.2, 0.25) is 0 Å². The van der Waals surface area contributed by atoms with Gasteiger partial charge in [0.1, 0.15) is 0 Å². The normalized spacial score (nSPS) is 10.6. The van der Waals surface area contributed by atoms with Gasteiger partial charge in [-0.1, -0.05) is 29.8 Å². The molecule has 1 aromatic carbocycles. The average Bonchev–Trinajstić information content (AvgIpc) is 2.58. The molecule has 0 saturated carbocycles. The third kappa shape index (κ3) is 2.30. The van der Waals surface area contributed by atoms with E-state index in [1.807, 2.05) is 24.6 Å². The molecule has 0 radical (unpaired) electrons. The van der Waals surface area contributed by atoms with E-state index in [2.05, 4.69) is 31.2 Å². The molecule has 2 rings (SSSR count). The van der Waals surface area contributed by atoms with E-state index >= 15 is 0 Å². The van der Waals surface area contributed by atoms with Crippen LogP contribution in [-0.4, -0.2) is 15.6 Å². The number of carboxylic acid groups (broad SMARTS) is 1. The number of nitrogens with zero attached hydrogens (tertiary/aromatic N) is 1. The smallest absolute Gasteiger partial charge is 0.307 e. The Morgan fingerprint density at radius 3 is 2.39 bits per heavy atom. The molecular formula is C15H17NO2. The highest BCUT2D eigenvalue weighted by Crippen LogP contribution is 2.25. The topological polar surface area (TPSA) is 42.2 Å². The summed E-state index contributed by atoms with van der Waals surface area (Å²) in [6.45, 7) is 4.01. The van der Waals surface area contributed by atoms with E-state index in [4.69, 9.17) is 5.11 Å². The lowest BCUT2D eigenvalue weighted by molar-refractivity contribution is -0.136. The van der Waals surface area contributed by atoms with Crippen molar-refractivity contribution in [2.24, 2.45) is 7.05 Å². The second-order valence-electron chi connectivity index (χ2n) is 4.64. The molecule has 1 aromatic heterocycles. The molecule has 0 aliphatic carbocycles. The number of carboxylic acids is 1. The second kappa shape index (κ2) is 4.69. The summed E-state index contributed by atoms with van der Waals surface area (Å²) >= 11 is 0. The van der Waals surface area contributed by atoms with E-state index < -0.39 is 5.97 Å². The van der Waals surface area contributed by atoms with E-state index in [0.29, 0.717) is 0 Å². The summed E-state index contributed by atoms with van der Waals surface area (Å²) in [5.74, 6) is -0.792. The first-order chi connectivity index (χ1) is 8.49. The number of aromatic nitrogens is 1. The fourth-order valence-electron chi connectivity index (χ4n) is 2.11. The van der Waals surface area contributed by atoms with Crippen molar-refractivity contribution in [2.75, 3.05) is 0 Å². The predicted molar refractivity (Wildman–Crippen MR) is 71.7 cm³/mol. The largest absolute Gasteiger partial charge is 0.481 e. The van der Waals surface area contributed by atoms with Crippen molar-refractivity contribution >= 4 is 5.97 Å². The first-order valence-electron chi connectivity index (χ1n) is 5.93. The van der Waals surface area contributed by atoms with Gasteiger partial charge in [0, 0.05) is 18.4 Å². The Kier molecular flexibility index (Phi) is 3.24. The first-order valence-corrected chi connectivity index (χ1v) is 5.93. The lowest BCUT2D eigenvalue weighted by atomic mass is 10.1. The van der Waals surface area contributed by atoms with Gasteiger partial charge in [0.05, 0.1) is 6.42 Å². The van der Waals surface area contributed by atoms with Gasteiger partial charge in [-0.05, 0) is 31.0 Å². The molecule has 0 atom stereocenters. The molecule has 94 valence electrons. The molecule has 0 amide bonds. The number of carbonyl (C=O) groups is 1. The highest BCUT2D eigenvalue weighted by atomic mass is 16.4. The Balaban J connectivity index is 2.45. The van der Waals surface area contributed by atoms with Crippen molar-refractivity contribution in [3.8, 4) is 11.3 Å². The summed E-state index contributed by atoms with van der Waals surface area (Å²) < 4.78 is 2.04. The van der Waals surface area contributed by atoms with E-state index in [1.165, 1.54) is 5.56 Å². The fourth-order valence-corrected chi connectivity index (χ4v) is 2.11. The monoisotopic (exact) mass is 243 g/mol. The van der Waals surface area contributed by atoms with Crippen LogP contribution in [0.4, 0.5) is 0 Å². The van der Waals surface area contributed by atoms with Gasteiger partial charge in [0.25, 0.3) is 0 Å². The van der Waals surface area contributed by atoms with E-state index in [0.717, 1.165) is 22.5 Å². The molecule has 0 fully saturated rings. The minimum absolute atomic E-state index is 0.0749. The maximum Gasteiger partial charge on any atom is 0.307 e. The number of aryl methyl sites for hydroxylation is 1.